The highest BCUT2D eigenvalue weighted by Crippen LogP contribution is 2.27. The van der Waals surface area contributed by atoms with Gasteiger partial charge in [-0.3, -0.25) is 4.79 Å². The predicted octanol–water partition coefficient (Wildman–Crippen LogP) is 5.84. The summed E-state index contributed by atoms with van der Waals surface area (Å²) in [4.78, 5) is 22.2. The van der Waals surface area contributed by atoms with Crippen LogP contribution in [0.15, 0.2) is 66.9 Å². The van der Waals surface area contributed by atoms with Gasteiger partial charge in [0.1, 0.15) is 0 Å². The zero-order valence-corrected chi connectivity index (χ0v) is 17.4. The largest absolute Gasteiger partial charge is 0.309 e. The third kappa shape index (κ3) is 5.53. The highest BCUT2D eigenvalue weighted by molar-refractivity contribution is 5.90. The molecule has 1 fully saturated rings. The quantitative estimate of drug-likeness (QED) is 0.543. The summed E-state index contributed by atoms with van der Waals surface area (Å²) in [5, 5.41) is 3.06. The fourth-order valence-corrected chi connectivity index (χ4v) is 4.20. The number of hydrogen-bond acceptors (Lipinski definition) is 3. The molecule has 1 aliphatic carbocycles. The second kappa shape index (κ2) is 10.1. The fourth-order valence-electron chi connectivity index (χ4n) is 4.20. The lowest BCUT2D eigenvalue weighted by molar-refractivity contribution is -0.117. The highest BCUT2D eigenvalue weighted by Gasteiger charge is 2.19. The second-order valence-electron chi connectivity index (χ2n) is 8.16. The zero-order valence-electron chi connectivity index (χ0n) is 17.4. The third-order valence-electron chi connectivity index (χ3n) is 5.86. The van der Waals surface area contributed by atoms with E-state index in [1.54, 1.807) is 6.20 Å². The molecule has 1 heterocycles. The van der Waals surface area contributed by atoms with Crippen molar-refractivity contribution in [3.05, 3.63) is 78.1 Å². The van der Waals surface area contributed by atoms with Crippen LogP contribution < -0.4 is 5.32 Å². The van der Waals surface area contributed by atoms with Gasteiger partial charge in [0.25, 0.3) is 0 Å². The molecule has 1 N–H and O–H groups in total. The number of aryl methyl sites for hydroxylation is 2. The van der Waals surface area contributed by atoms with Gasteiger partial charge in [-0.25, -0.2) is 9.97 Å². The van der Waals surface area contributed by atoms with Crippen LogP contribution >= 0.6 is 0 Å². The van der Waals surface area contributed by atoms with Gasteiger partial charge in [-0.05, 0) is 37.2 Å². The van der Waals surface area contributed by atoms with E-state index < -0.39 is 0 Å². The van der Waals surface area contributed by atoms with Crippen molar-refractivity contribution in [2.45, 2.75) is 51.4 Å². The molecule has 154 valence electrons. The van der Waals surface area contributed by atoms with Crippen molar-refractivity contribution in [3.8, 4) is 11.3 Å². The van der Waals surface area contributed by atoms with Crippen molar-refractivity contribution in [1.29, 1.82) is 0 Å². The molecule has 30 heavy (non-hydrogen) atoms. The summed E-state index contributed by atoms with van der Waals surface area (Å²) in [6.07, 6.45) is 10.0. The minimum absolute atomic E-state index is 0.0598. The molecule has 0 aliphatic heterocycles. The van der Waals surface area contributed by atoms with Gasteiger partial charge in [0.05, 0.1) is 17.6 Å². The predicted molar refractivity (Wildman–Crippen MR) is 121 cm³/mol. The summed E-state index contributed by atoms with van der Waals surface area (Å²) in [5.41, 5.74) is 3.97. The number of amides is 1. The standard InChI is InChI=1S/C26H29N3O/c30-25(18-21-12-6-2-7-13-21)29-26-23(17-16-20-10-4-1-5-11-20)28-24(19-27-26)22-14-8-3-9-15-22/h1,3-5,8-11,14-15,19,21H,2,6-7,12-13,16-18H2,(H,27,29,30). The van der Waals surface area contributed by atoms with Crippen molar-refractivity contribution >= 4 is 11.7 Å². The van der Waals surface area contributed by atoms with Crippen LogP contribution in [0.4, 0.5) is 5.82 Å². The molecule has 2 aromatic carbocycles. The monoisotopic (exact) mass is 399 g/mol. The summed E-state index contributed by atoms with van der Waals surface area (Å²) >= 11 is 0. The SMILES string of the molecule is O=C(CC1CCCCC1)Nc1ncc(-c2ccccc2)nc1CCc1ccccc1. The van der Waals surface area contributed by atoms with Crippen LogP contribution in [-0.2, 0) is 17.6 Å². The number of carbonyl (C=O) groups excluding carboxylic acids is 1. The Morgan fingerprint density at radius 1 is 0.900 bits per heavy atom. The molecule has 4 heteroatoms. The number of hydrogen-bond donors (Lipinski definition) is 1. The first-order valence-electron chi connectivity index (χ1n) is 11.0. The van der Waals surface area contributed by atoms with Crippen molar-refractivity contribution in [2.75, 3.05) is 5.32 Å². The van der Waals surface area contributed by atoms with Crippen LogP contribution in [0, 0.1) is 5.92 Å². The average molecular weight is 400 g/mol. The molecule has 0 radical (unpaired) electrons. The lowest BCUT2D eigenvalue weighted by Gasteiger charge is -2.21. The summed E-state index contributed by atoms with van der Waals surface area (Å²) in [6.45, 7) is 0. The van der Waals surface area contributed by atoms with Gasteiger partial charge in [-0.1, -0.05) is 79.9 Å². The van der Waals surface area contributed by atoms with E-state index in [2.05, 4.69) is 22.4 Å². The summed E-state index contributed by atoms with van der Waals surface area (Å²) < 4.78 is 0. The molecule has 3 aromatic rings. The van der Waals surface area contributed by atoms with Crippen LogP contribution in [0.5, 0.6) is 0 Å². The molecular weight excluding hydrogens is 370 g/mol. The Bertz CT molecular complexity index is 951. The molecule has 0 atom stereocenters. The van der Waals surface area contributed by atoms with Gasteiger partial charge < -0.3 is 5.32 Å². The minimum atomic E-state index is 0.0598. The number of nitrogens with zero attached hydrogens (tertiary/aromatic N) is 2. The number of carbonyl (C=O) groups is 1. The van der Waals surface area contributed by atoms with Crippen molar-refractivity contribution in [1.82, 2.24) is 9.97 Å². The molecule has 1 aliphatic rings. The Balaban J connectivity index is 1.52. The van der Waals surface area contributed by atoms with Crippen LogP contribution in [0.25, 0.3) is 11.3 Å². The van der Waals surface area contributed by atoms with Crippen LogP contribution in [0.1, 0.15) is 49.8 Å². The van der Waals surface area contributed by atoms with Crippen molar-refractivity contribution in [2.24, 2.45) is 5.92 Å². The maximum Gasteiger partial charge on any atom is 0.225 e. The molecular formula is C26H29N3O. The normalized spacial score (nSPS) is 14.4. The number of aromatic nitrogens is 2. The Hall–Kier alpha value is -3.01. The fraction of sp³-hybridized carbons (Fsp3) is 0.346. The van der Waals surface area contributed by atoms with Crippen molar-refractivity contribution in [3.63, 3.8) is 0 Å². The third-order valence-corrected chi connectivity index (χ3v) is 5.86. The van der Waals surface area contributed by atoms with Crippen LogP contribution in [0.3, 0.4) is 0 Å². The molecule has 0 bridgehead atoms. The van der Waals surface area contributed by atoms with E-state index in [1.807, 2.05) is 48.5 Å². The average Bonchev–Trinajstić information content (AvgIpc) is 2.80. The van der Waals surface area contributed by atoms with E-state index >= 15 is 0 Å². The molecule has 1 saturated carbocycles. The maximum absolute atomic E-state index is 12.7. The Morgan fingerprint density at radius 3 is 2.33 bits per heavy atom. The molecule has 0 spiro atoms. The van der Waals surface area contributed by atoms with Gasteiger partial charge in [0, 0.05) is 12.0 Å². The molecule has 1 aromatic heterocycles. The van der Waals surface area contributed by atoms with Gasteiger partial charge in [-0.2, -0.15) is 0 Å². The van der Waals surface area contributed by atoms with Gasteiger partial charge in [0.15, 0.2) is 5.82 Å². The summed E-state index contributed by atoms with van der Waals surface area (Å²) in [6, 6.07) is 20.4. The zero-order chi connectivity index (χ0) is 20.6. The number of anilines is 1. The van der Waals surface area contributed by atoms with Gasteiger partial charge >= 0.3 is 0 Å². The molecule has 4 rings (SSSR count). The number of rotatable bonds is 7. The first kappa shape index (κ1) is 20.3. The minimum Gasteiger partial charge on any atom is -0.309 e. The molecule has 0 saturated heterocycles. The van der Waals surface area contributed by atoms with Crippen molar-refractivity contribution < 1.29 is 4.79 Å². The maximum atomic E-state index is 12.7. The molecule has 4 nitrogen and oxygen atoms in total. The lowest BCUT2D eigenvalue weighted by atomic mass is 9.87. The summed E-state index contributed by atoms with van der Waals surface area (Å²) in [5.74, 6) is 1.17. The second-order valence-corrected chi connectivity index (χ2v) is 8.16. The lowest BCUT2D eigenvalue weighted by Crippen LogP contribution is -2.20. The van der Waals surface area contributed by atoms with Gasteiger partial charge in [0.2, 0.25) is 5.91 Å². The first-order valence-corrected chi connectivity index (χ1v) is 11.0. The van der Waals surface area contributed by atoms with E-state index in [4.69, 9.17) is 4.98 Å². The number of nitrogens with one attached hydrogen (secondary N) is 1. The van der Waals surface area contributed by atoms with E-state index in [0.717, 1.165) is 42.6 Å². The Labute approximate surface area is 178 Å². The van der Waals surface area contributed by atoms with Gasteiger partial charge in [-0.15, -0.1) is 0 Å². The van der Waals surface area contributed by atoms with E-state index in [0.29, 0.717) is 18.2 Å². The first-order chi connectivity index (χ1) is 14.8. The summed E-state index contributed by atoms with van der Waals surface area (Å²) in [7, 11) is 0. The Kier molecular flexibility index (Phi) is 6.86. The topological polar surface area (TPSA) is 54.9 Å². The molecule has 0 unspecified atom stereocenters. The van der Waals surface area contributed by atoms with E-state index in [1.165, 1.54) is 24.8 Å². The van der Waals surface area contributed by atoms with E-state index in [9.17, 15) is 4.79 Å². The Morgan fingerprint density at radius 2 is 1.60 bits per heavy atom. The van der Waals surface area contributed by atoms with Crippen LogP contribution in [0.2, 0.25) is 0 Å². The van der Waals surface area contributed by atoms with E-state index in [-0.39, 0.29) is 5.91 Å². The smallest absolute Gasteiger partial charge is 0.225 e. The highest BCUT2D eigenvalue weighted by atomic mass is 16.1. The number of benzene rings is 2. The molecule has 1 amide bonds. The van der Waals surface area contributed by atoms with Crippen LogP contribution in [-0.4, -0.2) is 15.9 Å².